The summed E-state index contributed by atoms with van der Waals surface area (Å²) in [4.78, 5) is 20.8. The zero-order valence-electron chi connectivity index (χ0n) is 12.5. The van der Waals surface area contributed by atoms with E-state index in [-0.39, 0.29) is 5.91 Å². The van der Waals surface area contributed by atoms with Gasteiger partial charge in [0, 0.05) is 30.4 Å². The summed E-state index contributed by atoms with van der Waals surface area (Å²) in [6.07, 6.45) is 2.76. The predicted octanol–water partition coefficient (Wildman–Crippen LogP) is 3.53. The number of carbonyl (C=O) groups is 1. The van der Waals surface area contributed by atoms with Crippen molar-refractivity contribution in [3.05, 3.63) is 65.8 Å². The van der Waals surface area contributed by atoms with E-state index in [9.17, 15) is 4.79 Å². The molecule has 5 nitrogen and oxygen atoms in total. The number of methoxy groups -OCH3 is 1. The molecule has 0 aliphatic carbocycles. The van der Waals surface area contributed by atoms with Crippen molar-refractivity contribution in [3.8, 4) is 10.6 Å². The normalized spacial score (nSPS) is 11.9. The van der Waals surface area contributed by atoms with Crippen LogP contribution in [0, 0.1) is 0 Å². The number of ether oxygens (including phenoxy) is 1. The van der Waals surface area contributed by atoms with Crippen LogP contribution in [0.2, 0.25) is 0 Å². The molecule has 2 aromatic heterocycles. The number of hydrogen-bond acceptors (Lipinski definition) is 5. The van der Waals surface area contributed by atoms with Crippen molar-refractivity contribution in [2.24, 2.45) is 0 Å². The van der Waals surface area contributed by atoms with E-state index < -0.39 is 6.10 Å². The second kappa shape index (κ2) is 7.13. The molecule has 1 N–H and O–H groups in total. The first kappa shape index (κ1) is 15.3. The first-order valence-electron chi connectivity index (χ1n) is 7.02. The van der Waals surface area contributed by atoms with Crippen molar-refractivity contribution in [2.75, 3.05) is 12.4 Å². The number of amides is 1. The third kappa shape index (κ3) is 3.61. The Morgan fingerprint density at radius 1 is 1.17 bits per heavy atom. The zero-order chi connectivity index (χ0) is 16.1. The molecule has 0 unspecified atom stereocenters. The predicted molar refractivity (Wildman–Crippen MR) is 90.2 cm³/mol. The van der Waals surface area contributed by atoms with E-state index in [2.05, 4.69) is 15.3 Å². The molecule has 3 aromatic rings. The van der Waals surface area contributed by atoms with E-state index in [1.807, 2.05) is 47.8 Å². The molecule has 23 heavy (non-hydrogen) atoms. The van der Waals surface area contributed by atoms with Gasteiger partial charge in [0.05, 0.1) is 0 Å². The fourth-order valence-electron chi connectivity index (χ4n) is 2.17. The van der Waals surface area contributed by atoms with Crippen LogP contribution < -0.4 is 5.32 Å². The lowest BCUT2D eigenvalue weighted by Crippen LogP contribution is -2.22. The van der Waals surface area contributed by atoms with Gasteiger partial charge >= 0.3 is 0 Å². The Labute approximate surface area is 138 Å². The summed E-state index contributed by atoms with van der Waals surface area (Å²) in [5, 5.41) is 5.44. The molecule has 0 spiro atoms. The Bertz CT molecular complexity index is 775. The standard InChI is InChI=1S/C17H15N3O2S/c1-22-15(12-5-3-2-4-6-12)16(21)19-14-11-23-17(20-14)13-7-9-18-10-8-13/h2-11,15H,1H3,(H,19,21)/t15-/m1/s1. The molecule has 0 saturated carbocycles. The monoisotopic (exact) mass is 325 g/mol. The lowest BCUT2D eigenvalue weighted by atomic mass is 10.1. The van der Waals surface area contributed by atoms with Gasteiger partial charge in [-0.3, -0.25) is 9.78 Å². The zero-order valence-corrected chi connectivity index (χ0v) is 13.3. The Hall–Kier alpha value is -2.57. The van der Waals surface area contributed by atoms with E-state index in [0.29, 0.717) is 5.82 Å². The van der Waals surface area contributed by atoms with Crippen molar-refractivity contribution in [1.29, 1.82) is 0 Å². The summed E-state index contributed by atoms with van der Waals surface area (Å²) in [7, 11) is 1.51. The molecule has 116 valence electrons. The van der Waals surface area contributed by atoms with Crippen molar-refractivity contribution < 1.29 is 9.53 Å². The maximum atomic E-state index is 12.4. The van der Waals surface area contributed by atoms with E-state index in [4.69, 9.17) is 4.74 Å². The van der Waals surface area contributed by atoms with Gasteiger partial charge in [-0.15, -0.1) is 11.3 Å². The number of thiazole rings is 1. The van der Waals surface area contributed by atoms with Gasteiger partial charge in [-0.25, -0.2) is 4.98 Å². The highest BCUT2D eigenvalue weighted by atomic mass is 32.1. The molecule has 0 saturated heterocycles. The fourth-order valence-corrected chi connectivity index (χ4v) is 2.93. The molecule has 1 aromatic carbocycles. The molecular weight excluding hydrogens is 310 g/mol. The summed E-state index contributed by atoms with van der Waals surface area (Å²) in [6, 6.07) is 13.1. The second-order valence-electron chi connectivity index (χ2n) is 4.79. The van der Waals surface area contributed by atoms with Gasteiger partial charge in [-0.2, -0.15) is 0 Å². The van der Waals surface area contributed by atoms with E-state index in [0.717, 1.165) is 16.1 Å². The highest BCUT2D eigenvalue weighted by Crippen LogP contribution is 2.26. The third-order valence-corrected chi connectivity index (χ3v) is 4.15. The fraction of sp³-hybridized carbons (Fsp3) is 0.118. The summed E-state index contributed by atoms with van der Waals surface area (Å²) in [5.41, 5.74) is 1.77. The number of pyridine rings is 1. The van der Waals surface area contributed by atoms with Gasteiger partial charge in [0.1, 0.15) is 10.8 Å². The van der Waals surface area contributed by atoms with Crippen LogP contribution in [0.15, 0.2) is 60.2 Å². The van der Waals surface area contributed by atoms with Gasteiger partial charge in [0.2, 0.25) is 0 Å². The highest BCUT2D eigenvalue weighted by Gasteiger charge is 2.20. The lowest BCUT2D eigenvalue weighted by molar-refractivity contribution is -0.126. The average molecular weight is 325 g/mol. The van der Waals surface area contributed by atoms with Crippen molar-refractivity contribution in [1.82, 2.24) is 9.97 Å². The molecular formula is C17H15N3O2S. The molecule has 1 amide bonds. The van der Waals surface area contributed by atoms with Crippen LogP contribution in [0.5, 0.6) is 0 Å². The number of aromatic nitrogens is 2. The van der Waals surface area contributed by atoms with Crippen LogP contribution in [0.1, 0.15) is 11.7 Å². The number of nitrogens with one attached hydrogen (secondary N) is 1. The molecule has 0 aliphatic rings. The summed E-state index contributed by atoms with van der Waals surface area (Å²) < 4.78 is 5.32. The van der Waals surface area contributed by atoms with Crippen molar-refractivity contribution in [2.45, 2.75) is 6.10 Å². The Balaban J connectivity index is 1.74. The van der Waals surface area contributed by atoms with Gasteiger partial charge < -0.3 is 10.1 Å². The summed E-state index contributed by atoms with van der Waals surface area (Å²) in [5.74, 6) is 0.273. The minimum absolute atomic E-state index is 0.245. The smallest absolute Gasteiger partial charge is 0.259 e. The number of nitrogens with zero attached hydrogens (tertiary/aromatic N) is 2. The van der Waals surface area contributed by atoms with Crippen molar-refractivity contribution >= 4 is 23.1 Å². The SMILES string of the molecule is CO[C@@H](C(=O)Nc1csc(-c2ccncc2)n1)c1ccccc1. The first-order chi connectivity index (χ1) is 11.3. The first-order valence-corrected chi connectivity index (χ1v) is 7.90. The molecule has 2 heterocycles. The van der Waals surface area contributed by atoms with Gasteiger partial charge in [-0.1, -0.05) is 30.3 Å². The maximum Gasteiger partial charge on any atom is 0.259 e. The second-order valence-corrected chi connectivity index (χ2v) is 5.65. The molecule has 6 heteroatoms. The van der Waals surface area contributed by atoms with Crippen LogP contribution in [0.4, 0.5) is 5.82 Å². The van der Waals surface area contributed by atoms with Gasteiger partial charge in [0.15, 0.2) is 6.10 Å². The molecule has 0 fully saturated rings. The average Bonchev–Trinajstić information content (AvgIpc) is 3.06. The molecule has 3 rings (SSSR count). The summed E-state index contributed by atoms with van der Waals surface area (Å²) >= 11 is 1.47. The van der Waals surface area contributed by atoms with Crippen LogP contribution in [0.3, 0.4) is 0 Å². The molecule has 0 bridgehead atoms. The molecule has 1 atom stereocenters. The Morgan fingerprint density at radius 3 is 2.61 bits per heavy atom. The summed E-state index contributed by atoms with van der Waals surface area (Å²) in [6.45, 7) is 0. The minimum atomic E-state index is -0.665. The van der Waals surface area contributed by atoms with Crippen molar-refractivity contribution in [3.63, 3.8) is 0 Å². The minimum Gasteiger partial charge on any atom is -0.367 e. The number of benzene rings is 1. The highest BCUT2D eigenvalue weighted by molar-refractivity contribution is 7.13. The van der Waals surface area contributed by atoms with Crippen LogP contribution in [-0.4, -0.2) is 23.0 Å². The lowest BCUT2D eigenvalue weighted by Gasteiger charge is -2.14. The third-order valence-electron chi connectivity index (χ3n) is 3.26. The van der Waals surface area contributed by atoms with Crippen LogP contribution >= 0.6 is 11.3 Å². The van der Waals surface area contributed by atoms with E-state index in [1.165, 1.54) is 18.4 Å². The van der Waals surface area contributed by atoms with E-state index in [1.54, 1.807) is 12.4 Å². The maximum absolute atomic E-state index is 12.4. The number of rotatable bonds is 5. The van der Waals surface area contributed by atoms with E-state index >= 15 is 0 Å². The topological polar surface area (TPSA) is 64.1 Å². The molecule has 0 aliphatic heterocycles. The van der Waals surface area contributed by atoms with Gasteiger partial charge in [0.25, 0.3) is 5.91 Å². The number of anilines is 1. The molecule has 0 radical (unpaired) electrons. The Kier molecular flexibility index (Phi) is 4.75. The van der Waals surface area contributed by atoms with Crippen LogP contribution in [0.25, 0.3) is 10.6 Å². The van der Waals surface area contributed by atoms with Crippen LogP contribution in [-0.2, 0) is 9.53 Å². The number of carbonyl (C=O) groups excluding carboxylic acids is 1. The Morgan fingerprint density at radius 2 is 1.91 bits per heavy atom. The largest absolute Gasteiger partial charge is 0.367 e. The van der Waals surface area contributed by atoms with Gasteiger partial charge in [-0.05, 0) is 17.7 Å². The number of hydrogen-bond donors (Lipinski definition) is 1. The quantitative estimate of drug-likeness (QED) is 0.779.